The average molecular weight is 257 g/mol. The highest BCUT2D eigenvalue weighted by Crippen LogP contribution is 2.51. The third-order valence-corrected chi connectivity index (χ3v) is 5.24. The van der Waals surface area contributed by atoms with Gasteiger partial charge in [0.2, 0.25) is 0 Å². The second kappa shape index (κ2) is 4.94. The SMILES string of the molecule is NCCC1(CSc2ccc3ccccc3c2)CC1. The monoisotopic (exact) mass is 257 g/mol. The Bertz CT molecular complexity index is 546. The molecule has 2 aromatic rings. The molecule has 0 saturated heterocycles. The van der Waals surface area contributed by atoms with Crippen molar-refractivity contribution in [3.8, 4) is 0 Å². The smallest absolute Gasteiger partial charge is 0.00785 e. The van der Waals surface area contributed by atoms with Crippen LogP contribution in [0.15, 0.2) is 47.4 Å². The lowest BCUT2D eigenvalue weighted by Gasteiger charge is -2.13. The number of fused-ring (bicyclic) bond motifs is 1. The molecule has 0 aromatic heterocycles. The van der Waals surface area contributed by atoms with Gasteiger partial charge in [0.1, 0.15) is 0 Å². The van der Waals surface area contributed by atoms with Crippen LogP contribution in [0.5, 0.6) is 0 Å². The van der Waals surface area contributed by atoms with Crippen LogP contribution in [0.4, 0.5) is 0 Å². The van der Waals surface area contributed by atoms with E-state index in [9.17, 15) is 0 Å². The topological polar surface area (TPSA) is 26.0 Å². The molecule has 0 radical (unpaired) electrons. The normalized spacial score (nSPS) is 16.9. The zero-order chi connectivity index (χ0) is 12.4. The molecule has 2 N–H and O–H groups in total. The molecule has 18 heavy (non-hydrogen) atoms. The number of nitrogens with two attached hydrogens (primary N) is 1. The van der Waals surface area contributed by atoms with E-state index in [0.29, 0.717) is 5.41 Å². The van der Waals surface area contributed by atoms with Crippen molar-refractivity contribution in [3.05, 3.63) is 42.5 Å². The third-order valence-electron chi connectivity index (χ3n) is 3.90. The molecular formula is C16H19NS. The van der Waals surface area contributed by atoms with Crippen molar-refractivity contribution in [2.45, 2.75) is 24.2 Å². The minimum Gasteiger partial charge on any atom is -0.330 e. The summed E-state index contributed by atoms with van der Waals surface area (Å²) in [5.74, 6) is 1.22. The summed E-state index contributed by atoms with van der Waals surface area (Å²) in [4.78, 5) is 1.39. The van der Waals surface area contributed by atoms with Gasteiger partial charge in [0, 0.05) is 10.6 Å². The van der Waals surface area contributed by atoms with Gasteiger partial charge in [-0.2, -0.15) is 0 Å². The maximum absolute atomic E-state index is 5.69. The minimum absolute atomic E-state index is 0.561. The standard InChI is InChI=1S/C16H19NS/c17-10-9-16(7-8-16)12-18-15-6-5-13-3-1-2-4-14(13)11-15/h1-6,11H,7-10,12,17H2. The molecule has 1 aliphatic rings. The van der Waals surface area contributed by atoms with E-state index in [1.807, 2.05) is 11.8 Å². The zero-order valence-electron chi connectivity index (χ0n) is 10.6. The second-order valence-corrected chi connectivity index (χ2v) is 6.39. The molecule has 1 aliphatic carbocycles. The number of thioether (sulfide) groups is 1. The summed E-state index contributed by atoms with van der Waals surface area (Å²) in [6.07, 6.45) is 3.92. The van der Waals surface area contributed by atoms with Gasteiger partial charge in [-0.3, -0.25) is 0 Å². The molecule has 1 fully saturated rings. The Morgan fingerprint density at radius 1 is 1.06 bits per heavy atom. The second-order valence-electron chi connectivity index (χ2n) is 5.34. The predicted octanol–water partition coefficient (Wildman–Crippen LogP) is 4.06. The maximum Gasteiger partial charge on any atom is 0.00785 e. The predicted molar refractivity (Wildman–Crippen MR) is 80.0 cm³/mol. The molecule has 0 unspecified atom stereocenters. The quantitative estimate of drug-likeness (QED) is 0.817. The minimum atomic E-state index is 0.561. The molecule has 0 amide bonds. The molecule has 0 spiro atoms. The van der Waals surface area contributed by atoms with Crippen LogP contribution < -0.4 is 5.73 Å². The Morgan fingerprint density at radius 3 is 2.56 bits per heavy atom. The van der Waals surface area contributed by atoms with Crippen molar-refractivity contribution >= 4 is 22.5 Å². The molecule has 2 aromatic carbocycles. The van der Waals surface area contributed by atoms with Crippen LogP contribution in [-0.2, 0) is 0 Å². The Hall–Kier alpha value is -0.990. The number of rotatable bonds is 5. The molecule has 0 atom stereocenters. The molecule has 3 rings (SSSR count). The summed E-state index contributed by atoms with van der Waals surface area (Å²) in [5, 5.41) is 2.66. The van der Waals surface area contributed by atoms with E-state index in [1.165, 1.54) is 40.7 Å². The molecule has 0 heterocycles. The summed E-state index contributed by atoms with van der Waals surface area (Å²) < 4.78 is 0. The summed E-state index contributed by atoms with van der Waals surface area (Å²) >= 11 is 1.99. The molecule has 0 aliphatic heterocycles. The lowest BCUT2D eigenvalue weighted by molar-refractivity contribution is 0.537. The molecule has 1 saturated carbocycles. The van der Waals surface area contributed by atoms with Gasteiger partial charge < -0.3 is 5.73 Å². The molecular weight excluding hydrogens is 238 g/mol. The Morgan fingerprint density at radius 2 is 1.83 bits per heavy atom. The van der Waals surface area contributed by atoms with Gasteiger partial charge in [0.05, 0.1) is 0 Å². The average Bonchev–Trinajstić information content (AvgIpc) is 3.17. The largest absolute Gasteiger partial charge is 0.330 e. The first-order valence-corrected chi connectivity index (χ1v) is 7.62. The summed E-state index contributed by atoms with van der Waals surface area (Å²) in [7, 11) is 0. The van der Waals surface area contributed by atoms with Gasteiger partial charge >= 0.3 is 0 Å². The van der Waals surface area contributed by atoms with Crippen molar-refractivity contribution in [1.82, 2.24) is 0 Å². The number of hydrogen-bond acceptors (Lipinski definition) is 2. The first-order chi connectivity index (χ1) is 8.81. The Kier molecular flexibility index (Phi) is 3.31. The van der Waals surface area contributed by atoms with Gasteiger partial charge in [0.25, 0.3) is 0 Å². The van der Waals surface area contributed by atoms with Crippen LogP contribution in [0.2, 0.25) is 0 Å². The first-order valence-electron chi connectivity index (χ1n) is 6.63. The number of hydrogen-bond donors (Lipinski definition) is 1. The summed E-state index contributed by atoms with van der Waals surface area (Å²) in [5.41, 5.74) is 6.25. The van der Waals surface area contributed by atoms with E-state index in [-0.39, 0.29) is 0 Å². The van der Waals surface area contributed by atoms with Crippen LogP contribution in [0.25, 0.3) is 10.8 Å². The highest BCUT2D eigenvalue weighted by atomic mass is 32.2. The van der Waals surface area contributed by atoms with Gasteiger partial charge in [-0.1, -0.05) is 30.3 Å². The fourth-order valence-electron chi connectivity index (χ4n) is 2.44. The lowest BCUT2D eigenvalue weighted by Crippen LogP contribution is -2.11. The summed E-state index contributed by atoms with van der Waals surface area (Å²) in [6.45, 7) is 0.832. The number of benzene rings is 2. The molecule has 2 heteroatoms. The van der Waals surface area contributed by atoms with Gasteiger partial charge in [0.15, 0.2) is 0 Å². The third kappa shape index (κ3) is 2.55. The Labute approximate surface area is 113 Å². The van der Waals surface area contributed by atoms with Crippen LogP contribution in [-0.4, -0.2) is 12.3 Å². The van der Waals surface area contributed by atoms with E-state index >= 15 is 0 Å². The van der Waals surface area contributed by atoms with Crippen molar-refractivity contribution < 1.29 is 0 Å². The van der Waals surface area contributed by atoms with E-state index in [0.717, 1.165) is 6.54 Å². The van der Waals surface area contributed by atoms with Gasteiger partial charge in [-0.25, -0.2) is 0 Å². The van der Waals surface area contributed by atoms with Crippen molar-refractivity contribution in [3.63, 3.8) is 0 Å². The van der Waals surface area contributed by atoms with Crippen molar-refractivity contribution in [1.29, 1.82) is 0 Å². The van der Waals surface area contributed by atoms with Crippen LogP contribution in [0.3, 0.4) is 0 Å². The van der Waals surface area contributed by atoms with Crippen molar-refractivity contribution in [2.75, 3.05) is 12.3 Å². The highest BCUT2D eigenvalue weighted by molar-refractivity contribution is 7.99. The Balaban J connectivity index is 1.71. The van der Waals surface area contributed by atoms with Crippen LogP contribution in [0, 0.1) is 5.41 Å². The van der Waals surface area contributed by atoms with Gasteiger partial charge in [-0.05, 0) is 54.1 Å². The van der Waals surface area contributed by atoms with Gasteiger partial charge in [-0.15, -0.1) is 11.8 Å². The van der Waals surface area contributed by atoms with Crippen molar-refractivity contribution in [2.24, 2.45) is 11.1 Å². The maximum atomic E-state index is 5.69. The van der Waals surface area contributed by atoms with Crippen LogP contribution in [0.1, 0.15) is 19.3 Å². The lowest BCUT2D eigenvalue weighted by atomic mass is 10.1. The first kappa shape index (κ1) is 12.1. The van der Waals surface area contributed by atoms with E-state index in [2.05, 4.69) is 42.5 Å². The van der Waals surface area contributed by atoms with Crippen LogP contribution >= 0.6 is 11.8 Å². The fraction of sp³-hybridized carbons (Fsp3) is 0.375. The van der Waals surface area contributed by atoms with E-state index in [1.54, 1.807) is 0 Å². The van der Waals surface area contributed by atoms with E-state index < -0.39 is 0 Å². The molecule has 1 nitrogen and oxygen atoms in total. The zero-order valence-corrected chi connectivity index (χ0v) is 11.4. The summed E-state index contributed by atoms with van der Waals surface area (Å²) in [6, 6.07) is 15.3. The molecule has 94 valence electrons. The molecule has 0 bridgehead atoms. The fourth-order valence-corrected chi connectivity index (χ4v) is 3.72. The highest BCUT2D eigenvalue weighted by Gasteiger charge is 2.41. The van der Waals surface area contributed by atoms with E-state index in [4.69, 9.17) is 5.73 Å².